The van der Waals surface area contributed by atoms with Crippen molar-refractivity contribution in [2.75, 3.05) is 0 Å². The Morgan fingerprint density at radius 1 is 0.886 bits per heavy atom. The molecule has 4 aromatic rings. The Kier molecular flexibility index (Phi) is 7.12. The molecule has 0 saturated carbocycles. The number of hydrogen-bond donors (Lipinski definition) is 1. The summed E-state index contributed by atoms with van der Waals surface area (Å²) in [5.74, 6) is 0.505. The second-order valence-electron chi connectivity index (χ2n) is 7.27. The Bertz CT molecular complexity index is 1370. The molecule has 12 heteroatoms. The molecule has 1 N–H and O–H groups in total. The van der Waals surface area contributed by atoms with E-state index >= 15 is 0 Å². The smallest absolute Gasteiger partial charge is 0.270 e. The highest BCUT2D eigenvalue weighted by molar-refractivity contribution is 7.98. The topological polar surface area (TPSA) is 146 Å². The van der Waals surface area contributed by atoms with Crippen LogP contribution in [-0.2, 0) is 12.3 Å². The van der Waals surface area contributed by atoms with Crippen molar-refractivity contribution in [1.82, 2.24) is 20.1 Å². The maximum Gasteiger partial charge on any atom is 0.270 e. The molecule has 0 bridgehead atoms. The molecule has 0 spiro atoms. The summed E-state index contributed by atoms with van der Waals surface area (Å²) in [7, 11) is 0. The van der Waals surface area contributed by atoms with Gasteiger partial charge in [-0.2, -0.15) is 0 Å². The lowest BCUT2D eigenvalue weighted by Crippen LogP contribution is -2.24. The first kappa shape index (κ1) is 23.6. The molecule has 176 valence electrons. The van der Waals surface area contributed by atoms with Gasteiger partial charge >= 0.3 is 0 Å². The average molecular weight is 491 g/mol. The van der Waals surface area contributed by atoms with Gasteiger partial charge in [-0.15, -0.1) is 10.2 Å². The number of nitrogens with one attached hydrogen (secondary N) is 1. The van der Waals surface area contributed by atoms with E-state index in [-0.39, 0.29) is 23.5 Å². The van der Waals surface area contributed by atoms with Gasteiger partial charge in [0.15, 0.2) is 11.0 Å². The van der Waals surface area contributed by atoms with E-state index < -0.39 is 15.8 Å². The second kappa shape index (κ2) is 10.6. The Hall–Kier alpha value is -4.58. The predicted octanol–water partition coefficient (Wildman–Crippen LogP) is 4.31. The number of nitro benzene ring substituents is 2. The highest BCUT2D eigenvalue weighted by Gasteiger charge is 2.18. The Morgan fingerprint density at radius 3 is 2.29 bits per heavy atom. The zero-order chi connectivity index (χ0) is 24.8. The van der Waals surface area contributed by atoms with Gasteiger partial charge in [0.2, 0.25) is 0 Å². The molecule has 11 nitrogen and oxygen atoms in total. The van der Waals surface area contributed by atoms with Crippen LogP contribution in [0.3, 0.4) is 0 Å². The van der Waals surface area contributed by atoms with Crippen molar-refractivity contribution in [3.05, 3.63) is 116 Å². The van der Waals surface area contributed by atoms with Gasteiger partial charge < -0.3 is 5.32 Å². The fourth-order valence-corrected chi connectivity index (χ4v) is 4.16. The number of aromatic nitrogens is 3. The van der Waals surface area contributed by atoms with E-state index in [1.165, 1.54) is 48.2 Å². The highest BCUT2D eigenvalue weighted by atomic mass is 32.2. The Labute approximate surface area is 203 Å². The summed E-state index contributed by atoms with van der Waals surface area (Å²) in [6, 6.07) is 21.1. The molecule has 0 fully saturated rings. The molecule has 1 amide bonds. The molecule has 0 unspecified atom stereocenters. The largest absolute Gasteiger partial charge is 0.345 e. The lowest BCUT2D eigenvalue weighted by molar-refractivity contribution is -0.385. The van der Waals surface area contributed by atoms with Crippen LogP contribution in [0.5, 0.6) is 0 Å². The second-order valence-corrected chi connectivity index (χ2v) is 8.21. The van der Waals surface area contributed by atoms with Crippen molar-refractivity contribution >= 4 is 29.0 Å². The molecule has 0 atom stereocenters. The van der Waals surface area contributed by atoms with Crippen LogP contribution in [0.2, 0.25) is 0 Å². The van der Waals surface area contributed by atoms with E-state index in [4.69, 9.17) is 0 Å². The molecule has 35 heavy (non-hydrogen) atoms. The summed E-state index contributed by atoms with van der Waals surface area (Å²) in [6.45, 7) is -0.0165. The SMILES string of the molecule is O=C(NCc1nnc(SCc2ccccc2)n1-c1ccc([N+](=O)[O-])cc1)c1cccc([N+](=O)[O-])c1. The van der Waals surface area contributed by atoms with Crippen LogP contribution in [0.15, 0.2) is 84.0 Å². The van der Waals surface area contributed by atoms with Crippen LogP contribution in [0, 0.1) is 20.2 Å². The number of thioether (sulfide) groups is 1. The Balaban J connectivity index is 1.58. The van der Waals surface area contributed by atoms with Crippen molar-refractivity contribution < 1.29 is 14.6 Å². The third kappa shape index (κ3) is 5.68. The summed E-state index contributed by atoms with van der Waals surface area (Å²) >= 11 is 1.43. The molecule has 4 rings (SSSR count). The molecule has 0 radical (unpaired) electrons. The summed E-state index contributed by atoms with van der Waals surface area (Å²) in [6.07, 6.45) is 0. The number of rotatable bonds is 9. The number of benzene rings is 3. The first-order valence-corrected chi connectivity index (χ1v) is 11.3. The van der Waals surface area contributed by atoms with Crippen molar-refractivity contribution in [2.45, 2.75) is 17.5 Å². The van der Waals surface area contributed by atoms with Crippen molar-refractivity contribution in [3.8, 4) is 5.69 Å². The van der Waals surface area contributed by atoms with Crippen LogP contribution in [0.1, 0.15) is 21.7 Å². The third-order valence-corrected chi connectivity index (χ3v) is 5.96. The first-order valence-electron chi connectivity index (χ1n) is 10.3. The normalized spacial score (nSPS) is 10.6. The summed E-state index contributed by atoms with van der Waals surface area (Å²) in [4.78, 5) is 33.6. The molecular formula is C23H18N6O5S. The Morgan fingerprint density at radius 2 is 1.60 bits per heavy atom. The third-order valence-electron chi connectivity index (χ3n) is 4.96. The van der Waals surface area contributed by atoms with E-state index in [0.29, 0.717) is 22.4 Å². The van der Waals surface area contributed by atoms with Gasteiger partial charge in [0.05, 0.1) is 16.4 Å². The first-order chi connectivity index (χ1) is 16.9. The van der Waals surface area contributed by atoms with Crippen LogP contribution in [-0.4, -0.2) is 30.5 Å². The number of carbonyl (C=O) groups excluding carboxylic acids is 1. The zero-order valence-electron chi connectivity index (χ0n) is 18.1. The van der Waals surface area contributed by atoms with Crippen molar-refractivity contribution in [3.63, 3.8) is 0 Å². The predicted molar refractivity (Wildman–Crippen MR) is 128 cm³/mol. The highest BCUT2D eigenvalue weighted by Crippen LogP contribution is 2.26. The molecule has 0 aliphatic carbocycles. The van der Waals surface area contributed by atoms with Crippen LogP contribution in [0.4, 0.5) is 11.4 Å². The molecular weight excluding hydrogens is 472 g/mol. The van der Waals surface area contributed by atoms with Crippen LogP contribution < -0.4 is 5.32 Å². The number of hydrogen-bond acceptors (Lipinski definition) is 8. The lowest BCUT2D eigenvalue weighted by Gasteiger charge is -2.11. The van der Waals surface area contributed by atoms with E-state index in [2.05, 4.69) is 15.5 Å². The number of nitro groups is 2. The lowest BCUT2D eigenvalue weighted by atomic mass is 10.2. The maximum atomic E-state index is 12.6. The molecule has 0 aliphatic rings. The van der Waals surface area contributed by atoms with E-state index in [9.17, 15) is 25.0 Å². The van der Waals surface area contributed by atoms with Gasteiger partial charge in [0.25, 0.3) is 17.3 Å². The minimum atomic E-state index is -0.571. The van der Waals surface area contributed by atoms with Crippen molar-refractivity contribution in [2.24, 2.45) is 0 Å². The minimum Gasteiger partial charge on any atom is -0.345 e. The number of carbonyl (C=O) groups is 1. The van der Waals surface area contributed by atoms with Gasteiger partial charge in [-0.3, -0.25) is 29.6 Å². The molecule has 0 aliphatic heterocycles. The van der Waals surface area contributed by atoms with E-state index in [1.54, 1.807) is 16.7 Å². The minimum absolute atomic E-state index is 0.0165. The monoisotopic (exact) mass is 490 g/mol. The zero-order valence-corrected chi connectivity index (χ0v) is 18.9. The standard InChI is InChI=1S/C23H18N6O5S/c30-22(17-7-4-8-20(13-17)29(33)34)24-14-21-25-26-23(35-15-16-5-2-1-3-6-16)27(21)18-9-11-19(12-10-18)28(31)32/h1-13H,14-15H2,(H,24,30). The van der Waals surface area contributed by atoms with Gasteiger partial charge in [0.1, 0.15) is 0 Å². The van der Waals surface area contributed by atoms with Crippen molar-refractivity contribution in [1.29, 1.82) is 0 Å². The van der Waals surface area contributed by atoms with Crippen LogP contribution >= 0.6 is 11.8 Å². The molecule has 1 aromatic heterocycles. The quantitative estimate of drug-likeness (QED) is 0.207. The summed E-state index contributed by atoms with van der Waals surface area (Å²) < 4.78 is 1.71. The summed E-state index contributed by atoms with van der Waals surface area (Å²) in [5.41, 5.74) is 1.57. The van der Waals surface area contributed by atoms with Gasteiger partial charge in [-0.05, 0) is 23.8 Å². The molecule has 3 aromatic carbocycles. The van der Waals surface area contributed by atoms with Gasteiger partial charge in [-0.25, -0.2) is 0 Å². The van der Waals surface area contributed by atoms with Crippen LogP contribution in [0.25, 0.3) is 5.69 Å². The fourth-order valence-electron chi connectivity index (χ4n) is 3.24. The maximum absolute atomic E-state index is 12.6. The molecule has 0 saturated heterocycles. The number of amides is 1. The molecule has 1 heterocycles. The number of non-ortho nitro benzene ring substituents is 2. The van der Waals surface area contributed by atoms with E-state index in [0.717, 1.165) is 5.56 Å². The average Bonchev–Trinajstić information content (AvgIpc) is 3.29. The van der Waals surface area contributed by atoms with Gasteiger partial charge in [-0.1, -0.05) is 48.2 Å². The van der Waals surface area contributed by atoms with Gasteiger partial charge in [0, 0.05) is 41.3 Å². The number of nitrogens with zero attached hydrogens (tertiary/aromatic N) is 5. The summed E-state index contributed by atoms with van der Waals surface area (Å²) in [5, 5.41) is 33.8. The fraction of sp³-hybridized carbons (Fsp3) is 0.0870. The van der Waals surface area contributed by atoms with E-state index in [1.807, 2.05) is 30.3 Å².